The Kier molecular flexibility index (Phi) is 4.82. The average Bonchev–Trinajstić information content (AvgIpc) is 2.41. The molecule has 0 radical (unpaired) electrons. The molecule has 0 aliphatic carbocycles. The summed E-state index contributed by atoms with van der Waals surface area (Å²) >= 11 is 4.18. The number of benzene rings is 1. The van der Waals surface area contributed by atoms with Crippen LogP contribution in [0.25, 0.3) is 0 Å². The van der Waals surface area contributed by atoms with Crippen molar-refractivity contribution in [3.63, 3.8) is 0 Å². The van der Waals surface area contributed by atoms with E-state index >= 15 is 0 Å². The first kappa shape index (κ1) is 12.4. The number of nitrogens with zero attached hydrogens (tertiary/aromatic N) is 1. The molecule has 1 fully saturated rings. The van der Waals surface area contributed by atoms with Gasteiger partial charge in [-0.2, -0.15) is 12.6 Å². The Hall–Kier alpha value is -1.07. The molecule has 0 spiro atoms. The van der Waals surface area contributed by atoms with Crippen LogP contribution in [0.5, 0.6) is 0 Å². The van der Waals surface area contributed by atoms with Gasteiger partial charge in [0, 0.05) is 30.8 Å². The summed E-state index contributed by atoms with van der Waals surface area (Å²) in [6.07, 6.45) is 4.83. The van der Waals surface area contributed by atoms with Crippen molar-refractivity contribution in [2.24, 2.45) is 0 Å². The zero-order valence-electron chi connectivity index (χ0n) is 10.2. The van der Waals surface area contributed by atoms with Crippen LogP contribution in [0.15, 0.2) is 24.3 Å². The zero-order valence-corrected chi connectivity index (χ0v) is 11.0. The van der Waals surface area contributed by atoms with Crippen molar-refractivity contribution in [3.05, 3.63) is 29.8 Å². The summed E-state index contributed by atoms with van der Waals surface area (Å²) in [6.45, 7) is 2.34. The molecule has 1 aromatic carbocycles. The molecule has 2 rings (SSSR count). The van der Waals surface area contributed by atoms with Crippen LogP contribution in [0.1, 0.15) is 31.2 Å². The second kappa shape index (κ2) is 6.61. The van der Waals surface area contributed by atoms with E-state index in [1.807, 2.05) is 0 Å². The third-order valence-electron chi connectivity index (χ3n) is 3.06. The van der Waals surface area contributed by atoms with Gasteiger partial charge in [-0.15, -0.1) is 0 Å². The SMILES string of the molecule is SCCC#Cc1ccccc1N1CCCCC1. The fourth-order valence-electron chi connectivity index (χ4n) is 2.20. The molecule has 0 saturated carbocycles. The van der Waals surface area contributed by atoms with Gasteiger partial charge in [0.15, 0.2) is 0 Å². The molecular formula is C15H19NS. The lowest BCUT2D eigenvalue weighted by atomic mass is 10.1. The van der Waals surface area contributed by atoms with Gasteiger partial charge in [0.2, 0.25) is 0 Å². The van der Waals surface area contributed by atoms with E-state index in [9.17, 15) is 0 Å². The highest BCUT2D eigenvalue weighted by atomic mass is 32.1. The summed E-state index contributed by atoms with van der Waals surface area (Å²) in [4.78, 5) is 2.47. The van der Waals surface area contributed by atoms with Gasteiger partial charge in [-0.05, 0) is 31.4 Å². The molecule has 0 N–H and O–H groups in total. The van der Waals surface area contributed by atoms with E-state index in [0.29, 0.717) is 0 Å². The first-order chi connectivity index (χ1) is 8.42. The van der Waals surface area contributed by atoms with Crippen LogP contribution in [0.4, 0.5) is 5.69 Å². The molecule has 0 unspecified atom stereocenters. The lowest BCUT2D eigenvalue weighted by Gasteiger charge is -2.29. The van der Waals surface area contributed by atoms with Crippen molar-refractivity contribution in [2.45, 2.75) is 25.7 Å². The van der Waals surface area contributed by atoms with Crippen molar-refractivity contribution < 1.29 is 0 Å². The summed E-state index contributed by atoms with van der Waals surface area (Å²) in [5, 5.41) is 0. The van der Waals surface area contributed by atoms with Gasteiger partial charge >= 0.3 is 0 Å². The summed E-state index contributed by atoms with van der Waals surface area (Å²) in [5.74, 6) is 7.28. The molecule has 1 saturated heterocycles. The smallest absolute Gasteiger partial charge is 0.0525 e. The number of rotatable bonds is 2. The molecule has 1 aliphatic heterocycles. The Labute approximate surface area is 110 Å². The normalized spacial score (nSPS) is 15.2. The second-order valence-corrected chi connectivity index (χ2v) is 4.79. The van der Waals surface area contributed by atoms with Crippen LogP contribution in [-0.4, -0.2) is 18.8 Å². The van der Waals surface area contributed by atoms with Crippen molar-refractivity contribution in [3.8, 4) is 11.8 Å². The molecular weight excluding hydrogens is 226 g/mol. The quantitative estimate of drug-likeness (QED) is 0.618. The van der Waals surface area contributed by atoms with Gasteiger partial charge in [-0.25, -0.2) is 0 Å². The standard InChI is InChI=1S/C15H19NS/c17-13-7-4-9-14-8-2-3-10-15(14)16-11-5-1-6-12-16/h2-3,8,10,17H,1,5-7,11-13H2. The van der Waals surface area contributed by atoms with Crippen LogP contribution < -0.4 is 4.90 Å². The van der Waals surface area contributed by atoms with Crippen molar-refractivity contribution >= 4 is 18.3 Å². The van der Waals surface area contributed by atoms with Crippen LogP contribution >= 0.6 is 12.6 Å². The highest BCUT2D eigenvalue weighted by Gasteiger charge is 2.12. The Morgan fingerprint density at radius 2 is 1.88 bits per heavy atom. The van der Waals surface area contributed by atoms with Crippen molar-refractivity contribution in [1.82, 2.24) is 0 Å². The van der Waals surface area contributed by atoms with Gasteiger partial charge < -0.3 is 4.90 Å². The molecule has 1 nitrogen and oxygen atoms in total. The average molecular weight is 245 g/mol. The first-order valence-electron chi connectivity index (χ1n) is 6.35. The summed E-state index contributed by atoms with van der Waals surface area (Å²) < 4.78 is 0. The Morgan fingerprint density at radius 1 is 1.12 bits per heavy atom. The van der Waals surface area contributed by atoms with E-state index in [2.05, 4.69) is 53.6 Å². The van der Waals surface area contributed by atoms with E-state index in [1.165, 1.54) is 38.0 Å². The maximum Gasteiger partial charge on any atom is 0.0525 e. The number of anilines is 1. The van der Waals surface area contributed by atoms with Gasteiger partial charge in [-0.1, -0.05) is 24.0 Å². The maximum absolute atomic E-state index is 4.18. The maximum atomic E-state index is 4.18. The summed E-state index contributed by atoms with van der Waals surface area (Å²) in [7, 11) is 0. The number of thiol groups is 1. The monoisotopic (exact) mass is 245 g/mol. The van der Waals surface area contributed by atoms with Gasteiger partial charge in [-0.3, -0.25) is 0 Å². The van der Waals surface area contributed by atoms with E-state index < -0.39 is 0 Å². The first-order valence-corrected chi connectivity index (χ1v) is 6.99. The summed E-state index contributed by atoms with van der Waals surface area (Å²) in [6, 6.07) is 8.48. The van der Waals surface area contributed by atoms with Gasteiger partial charge in [0.1, 0.15) is 0 Å². The minimum Gasteiger partial charge on any atom is -0.371 e. The van der Waals surface area contributed by atoms with Gasteiger partial charge in [0.05, 0.1) is 5.69 Å². The number of piperidine rings is 1. The third kappa shape index (κ3) is 3.44. The number of hydrogen-bond donors (Lipinski definition) is 1. The molecule has 2 heteroatoms. The lowest BCUT2D eigenvalue weighted by Crippen LogP contribution is -2.29. The van der Waals surface area contributed by atoms with Crippen molar-refractivity contribution in [1.29, 1.82) is 0 Å². The zero-order chi connectivity index (χ0) is 11.9. The van der Waals surface area contributed by atoms with Gasteiger partial charge in [0.25, 0.3) is 0 Å². The van der Waals surface area contributed by atoms with E-state index in [4.69, 9.17) is 0 Å². The van der Waals surface area contributed by atoms with E-state index in [0.717, 1.165) is 17.7 Å². The highest BCUT2D eigenvalue weighted by molar-refractivity contribution is 7.80. The fraction of sp³-hybridized carbons (Fsp3) is 0.467. The Balaban J connectivity index is 2.18. The molecule has 1 aliphatic rings. The second-order valence-electron chi connectivity index (χ2n) is 4.34. The predicted molar refractivity (Wildman–Crippen MR) is 77.9 cm³/mol. The molecule has 90 valence electrons. The number of para-hydroxylation sites is 1. The van der Waals surface area contributed by atoms with Crippen LogP contribution in [0, 0.1) is 11.8 Å². The fourth-order valence-corrected chi connectivity index (χ4v) is 2.32. The topological polar surface area (TPSA) is 3.24 Å². The minimum atomic E-state index is 0.832. The molecule has 0 amide bonds. The van der Waals surface area contributed by atoms with Crippen LogP contribution in [0.2, 0.25) is 0 Å². The molecule has 0 atom stereocenters. The number of hydrogen-bond acceptors (Lipinski definition) is 2. The van der Waals surface area contributed by atoms with E-state index in [-0.39, 0.29) is 0 Å². The van der Waals surface area contributed by atoms with Crippen LogP contribution in [0.3, 0.4) is 0 Å². The molecule has 1 aromatic rings. The van der Waals surface area contributed by atoms with Crippen LogP contribution in [-0.2, 0) is 0 Å². The summed E-state index contributed by atoms with van der Waals surface area (Å²) in [5.41, 5.74) is 2.47. The Morgan fingerprint density at radius 3 is 2.65 bits per heavy atom. The molecule has 0 bridgehead atoms. The molecule has 1 heterocycles. The molecule has 17 heavy (non-hydrogen) atoms. The van der Waals surface area contributed by atoms with E-state index in [1.54, 1.807) is 0 Å². The Bertz CT molecular complexity index is 410. The lowest BCUT2D eigenvalue weighted by molar-refractivity contribution is 0.577. The minimum absolute atomic E-state index is 0.832. The third-order valence-corrected chi connectivity index (χ3v) is 3.28. The highest BCUT2D eigenvalue weighted by Crippen LogP contribution is 2.23. The molecule has 0 aromatic heterocycles. The largest absolute Gasteiger partial charge is 0.371 e. The van der Waals surface area contributed by atoms with Crippen molar-refractivity contribution in [2.75, 3.05) is 23.7 Å². The predicted octanol–water partition coefficient (Wildman–Crippen LogP) is 3.35.